The molecule has 1 N–H and O–H groups in total. The van der Waals surface area contributed by atoms with Crippen LogP contribution in [0.25, 0.3) is 0 Å². The average Bonchev–Trinajstić information content (AvgIpc) is 2.87. The van der Waals surface area contributed by atoms with Crippen molar-refractivity contribution >= 4 is 17.7 Å². The van der Waals surface area contributed by atoms with Crippen molar-refractivity contribution in [1.29, 1.82) is 0 Å². The van der Waals surface area contributed by atoms with E-state index in [2.05, 4.69) is 5.32 Å². The summed E-state index contributed by atoms with van der Waals surface area (Å²) in [5.41, 5.74) is 2.72. The fraction of sp³-hybridized carbons (Fsp3) is 0.536. The molecule has 0 aromatic heterocycles. The number of Topliss-reactive ketones (excluding diaryl/α,β-unsaturated/α-hetero) is 1. The summed E-state index contributed by atoms with van der Waals surface area (Å²) in [5.74, 6) is -2.27. The summed E-state index contributed by atoms with van der Waals surface area (Å²) < 4.78 is 22.0. The first-order valence-corrected chi connectivity index (χ1v) is 12.6. The first-order chi connectivity index (χ1) is 17.3. The molecule has 1 saturated carbocycles. The van der Waals surface area contributed by atoms with Gasteiger partial charge < -0.3 is 24.3 Å². The molecule has 8 nitrogen and oxygen atoms in total. The molecule has 0 radical (unpaired) electrons. The number of carbonyl (C=O) groups is 3. The molecule has 0 saturated heterocycles. The largest absolute Gasteiger partial charge is 0.497 e. The van der Waals surface area contributed by atoms with Crippen molar-refractivity contribution in [3.05, 3.63) is 46.3 Å². The van der Waals surface area contributed by atoms with Crippen LogP contribution in [-0.4, -0.2) is 45.2 Å². The molecular formula is C28H35NO7. The third kappa shape index (κ3) is 4.73. The number of hydrogen-bond donors (Lipinski definition) is 1. The first kappa shape index (κ1) is 25.8. The number of methoxy groups -OCH3 is 3. The maximum Gasteiger partial charge on any atom is 0.337 e. The van der Waals surface area contributed by atoms with Gasteiger partial charge in [0.2, 0.25) is 0 Å². The Balaban J connectivity index is 1.84. The number of nitrogens with one attached hydrogen (secondary N) is 1. The van der Waals surface area contributed by atoms with Gasteiger partial charge in [-0.05, 0) is 51.0 Å². The van der Waals surface area contributed by atoms with Gasteiger partial charge in [-0.25, -0.2) is 4.79 Å². The molecule has 1 aromatic rings. The molecule has 1 fully saturated rings. The smallest absolute Gasteiger partial charge is 0.337 e. The second-order valence-corrected chi connectivity index (χ2v) is 9.81. The van der Waals surface area contributed by atoms with Crippen LogP contribution < -0.4 is 14.8 Å². The van der Waals surface area contributed by atoms with E-state index in [1.165, 1.54) is 14.2 Å². The topological polar surface area (TPSA) is 100 Å². The standard InChI is InChI=1S/C28H35NO7/c1-15-13-20-25(26(30)22(15)27(31)35-5)24(19-12-11-18(33-3)14-21(19)34-4)23(16(2)29-20)28(32)36-17-9-7-6-8-10-17/h11-12,14-15,17,22,24,29H,6-10,13H2,1-5H3/t15-,22-,24+/m1/s1. The van der Waals surface area contributed by atoms with E-state index in [4.69, 9.17) is 18.9 Å². The SMILES string of the molecule is COC(=O)[C@H]1C(=O)C2=C(C[C@H]1C)NC(C)=C(C(=O)OC1CCCCC1)[C@@H]2c1ccc(OC)cc1OC. The van der Waals surface area contributed by atoms with Crippen LogP contribution in [0.4, 0.5) is 0 Å². The van der Waals surface area contributed by atoms with E-state index >= 15 is 0 Å². The van der Waals surface area contributed by atoms with E-state index in [1.54, 1.807) is 25.3 Å². The molecule has 1 aliphatic heterocycles. The summed E-state index contributed by atoms with van der Waals surface area (Å²) >= 11 is 0. The highest BCUT2D eigenvalue weighted by atomic mass is 16.5. The highest BCUT2D eigenvalue weighted by molar-refractivity contribution is 6.12. The van der Waals surface area contributed by atoms with Gasteiger partial charge in [0.25, 0.3) is 0 Å². The van der Waals surface area contributed by atoms with Crippen molar-refractivity contribution in [2.45, 2.75) is 64.4 Å². The highest BCUT2D eigenvalue weighted by Gasteiger charge is 2.48. The van der Waals surface area contributed by atoms with Crippen molar-refractivity contribution < 1.29 is 33.3 Å². The minimum Gasteiger partial charge on any atom is -0.497 e. The van der Waals surface area contributed by atoms with Crippen LogP contribution in [0, 0.1) is 11.8 Å². The van der Waals surface area contributed by atoms with Crippen LogP contribution >= 0.6 is 0 Å². The molecule has 3 aliphatic rings. The number of dihydropyridines is 1. The Bertz CT molecular complexity index is 1110. The van der Waals surface area contributed by atoms with Gasteiger partial charge in [-0.2, -0.15) is 0 Å². The van der Waals surface area contributed by atoms with Gasteiger partial charge in [-0.3, -0.25) is 9.59 Å². The average molecular weight is 498 g/mol. The quantitative estimate of drug-likeness (QED) is 0.461. The Labute approximate surface area is 212 Å². The van der Waals surface area contributed by atoms with Gasteiger partial charge in [0, 0.05) is 28.6 Å². The molecule has 36 heavy (non-hydrogen) atoms. The Morgan fingerprint density at radius 3 is 2.39 bits per heavy atom. The zero-order valence-electron chi connectivity index (χ0n) is 21.6. The van der Waals surface area contributed by atoms with Gasteiger partial charge in [0.15, 0.2) is 5.78 Å². The van der Waals surface area contributed by atoms with E-state index in [0.29, 0.717) is 46.0 Å². The van der Waals surface area contributed by atoms with Crippen LogP contribution in [0.15, 0.2) is 40.7 Å². The zero-order valence-corrected chi connectivity index (χ0v) is 21.6. The lowest BCUT2D eigenvalue weighted by Gasteiger charge is -2.39. The van der Waals surface area contributed by atoms with Crippen LogP contribution in [0.3, 0.4) is 0 Å². The van der Waals surface area contributed by atoms with E-state index < -0.39 is 23.8 Å². The molecule has 0 amide bonds. The molecule has 1 heterocycles. The number of carbonyl (C=O) groups excluding carboxylic acids is 3. The lowest BCUT2D eigenvalue weighted by Crippen LogP contribution is -2.43. The third-order valence-corrected chi connectivity index (χ3v) is 7.54. The minimum atomic E-state index is -0.948. The van der Waals surface area contributed by atoms with Crippen molar-refractivity contribution in [1.82, 2.24) is 5.32 Å². The molecule has 2 aliphatic carbocycles. The summed E-state index contributed by atoms with van der Waals surface area (Å²) in [5, 5.41) is 3.30. The summed E-state index contributed by atoms with van der Waals surface area (Å²) in [6.45, 7) is 3.69. The van der Waals surface area contributed by atoms with Gasteiger partial charge in [-0.1, -0.05) is 19.4 Å². The maximum atomic E-state index is 13.9. The van der Waals surface area contributed by atoms with Gasteiger partial charge >= 0.3 is 11.9 Å². The minimum absolute atomic E-state index is 0.148. The molecule has 4 rings (SSSR count). The Hall–Kier alpha value is -3.29. The first-order valence-electron chi connectivity index (χ1n) is 12.6. The molecule has 194 valence electrons. The van der Waals surface area contributed by atoms with E-state index in [1.807, 2.05) is 13.8 Å². The second kappa shape index (κ2) is 10.8. The number of ketones is 1. The second-order valence-electron chi connectivity index (χ2n) is 9.81. The molecule has 3 atom stereocenters. The molecular weight excluding hydrogens is 462 g/mol. The zero-order chi connectivity index (χ0) is 26.0. The number of ether oxygens (including phenoxy) is 4. The number of allylic oxidation sites excluding steroid dienone is 3. The van der Waals surface area contributed by atoms with Crippen molar-refractivity contribution in [3.8, 4) is 11.5 Å². The van der Waals surface area contributed by atoms with Crippen LogP contribution in [0.1, 0.15) is 63.9 Å². The van der Waals surface area contributed by atoms with Gasteiger partial charge in [0.05, 0.1) is 32.8 Å². The molecule has 0 bridgehead atoms. The predicted molar refractivity (Wildman–Crippen MR) is 132 cm³/mol. The molecule has 0 spiro atoms. The van der Waals surface area contributed by atoms with E-state index in [0.717, 1.165) is 32.1 Å². The highest BCUT2D eigenvalue weighted by Crippen LogP contribution is 2.48. The van der Waals surface area contributed by atoms with Crippen molar-refractivity contribution in [2.24, 2.45) is 11.8 Å². The lowest BCUT2D eigenvalue weighted by molar-refractivity contribution is -0.151. The Kier molecular flexibility index (Phi) is 7.71. The predicted octanol–water partition coefficient (Wildman–Crippen LogP) is 4.19. The van der Waals surface area contributed by atoms with Crippen molar-refractivity contribution in [2.75, 3.05) is 21.3 Å². The van der Waals surface area contributed by atoms with Gasteiger partial charge in [-0.15, -0.1) is 0 Å². The summed E-state index contributed by atoms with van der Waals surface area (Å²) in [6.07, 6.45) is 5.17. The number of rotatable bonds is 6. The van der Waals surface area contributed by atoms with Gasteiger partial charge in [0.1, 0.15) is 23.5 Å². The third-order valence-electron chi connectivity index (χ3n) is 7.54. The Morgan fingerprint density at radius 2 is 1.75 bits per heavy atom. The molecule has 8 heteroatoms. The normalized spacial score (nSPS) is 24.6. The van der Waals surface area contributed by atoms with Crippen LogP contribution in [0.2, 0.25) is 0 Å². The fourth-order valence-electron chi connectivity index (χ4n) is 5.72. The van der Waals surface area contributed by atoms with Crippen LogP contribution in [0.5, 0.6) is 11.5 Å². The molecule has 1 aromatic carbocycles. The maximum absolute atomic E-state index is 13.9. The fourth-order valence-corrected chi connectivity index (χ4v) is 5.72. The molecule has 0 unspecified atom stereocenters. The Morgan fingerprint density at radius 1 is 1.03 bits per heavy atom. The number of hydrogen-bond acceptors (Lipinski definition) is 8. The number of benzene rings is 1. The number of esters is 2. The summed E-state index contributed by atoms with van der Waals surface area (Å²) in [6, 6.07) is 5.30. The van der Waals surface area contributed by atoms with Crippen LogP contribution in [-0.2, 0) is 23.9 Å². The summed E-state index contributed by atoms with van der Waals surface area (Å²) in [4.78, 5) is 40.2. The van der Waals surface area contributed by atoms with E-state index in [9.17, 15) is 14.4 Å². The monoisotopic (exact) mass is 497 g/mol. The van der Waals surface area contributed by atoms with Crippen molar-refractivity contribution in [3.63, 3.8) is 0 Å². The summed E-state index contributed by atoms with van der Waals surface area (Å²) in [7, 11) is 4.38. The lowest BCUT2D eigenvalue weighted by atomic mass is 9.69. The van der Waals surface area contributed by atoms with E-state index in [-0.39, 0.29) is 17.8 Å².